The lowest BCUT2D eigenvalue weighted by atomic mass is 10.1. The lowest BCUT2D eigenvalue weighted by molar-refractivity contribution is -0.127. The van der Waals surface area contributed by atoms with Gasteiger partial charge in [0, 0.05) is 23.4 Å². The van der Waals surface area contributed by atoms with Crippen LogP contribution in [0.4, 0.5) is 5.69 Å². The van der Waals surface area contributed by atoms with E-state index in [0.29, 0.717) is 23.0 Å². The molecule has 0 aliphatic heterocycles. The van der Waals surface area contributed by atoms with Crippen LogP contribution in [-0.4, -0.2) is 58.3 Å². The third kappa shape index (κ3) is 5.64. The summed E-state index contributed by atoms with van der Waals surface area (Å²) in [4.78, 5) is 29.4. The molecule has 1 aliphatic rings. The number of benzene rings is 2. The van der Waals surface area contributed by atoms with Crippen molar-refractivity contribution in [3.63, 3.8) is 0 Å². The molecule has 0 bridgehead atoms. The van der Waals surface area contributed by atoms with Crippen molar-refractivity contribution in [3.8, 4) is 22.9 Å². The average Bonchev–Trinajstić information content (AvgIpc) is 3.57. The lowest BCUT2D eigenvalue weighted by Gasteiger charge is -2.30. The van der Waals surface area contributed by atoms with E-state index >= 15 is 0 Å². The van der Waals surface area contributed by atoms with Crippen molar-refractivity contribution in [2.24, 2.45) is 0 Å². The van der Waals surface area contributed by atoms with Crippen LogP contribution in [-0.2, 0) is 16.1 Å². The van der Waals surface area contributed by atoms with Crippen LogP contribution in [0, 0.1) is 6.92 Å². The van der Waals surface area contributed by atoms with Gasteiger partial charge >= 0.3 is 0 Å². The fourth-order valence-corrected chi connectivity index (χ4v) is 4.39. The normalized spacial score (nSPS) is 14.3. The molecule has 36 heavy (non-hydrogen) atoms. The SMILES string of the molecule is COc1ccc(N(C(=O)Cn2nnc(-c3ccc(C)cc3)n2)C(C)C(=O)NC2CCCC2)cc1OC. The molecule has 10 heteroatoms. The molecule has 3 aromatic rings. The van der Waals surface area contributed by atoms with E-state index in [1.54, 1.807) is 32.2 Å². The van der Waals surface area contributed by atoms with Crippen LogP contribution in [0.25, 0.3) is 11.4 Å². The van der Waals surface area contributed by atoms with Gasteiger partial charge in [-0.3, -0.25) is 14.5 Å². The van der Waals surface area contributed by atoms with E-state index in [1.165, 1.54) is 16.8 Å². The zero-order chi connectivity index (χ0) is 25.7. The summed E-state index contributed by atoms with van der Waals surface area (Å²) >= 11 is 0. The summed E-state index contributed by atoms with van der Waals surface area (Å²) in [6.07, 6.45) is 4.10. The minimum absolute atomic E-state index is 0.136. The second kappa shape index (κ2) is 11.2. The van der Waals surface area contributed by atoms with Gasteiger partial charge in [-0.1, -0.05) is 42.7 Å². The number of anilines is 1. The Kier molecular flexibility index (Phi) is 7.82. The summed E-state index contributed by atoms with van der Waals surface area (Å²) in [5.74, 6) is 0.836. The van der Waals surface area contributed by atoms with Gasteiger partial charge in [0.2, 0.25) is 11.7 Å². The smallest absolute Gasteiger partial charge is 0.251 e. The third-order valence-corrected chi connectivity index (χ3v) is 6.42. The van der Waals surface area contributed by atoms with Crippen molar-refractivity contribution in [2.45, 2.75) is 58.2 Å². The topological polar surface area (TPSA) is 111 Å². The van der Waals surface area contributed by atoms with Crippen LogP contribution in [0.2, 0.25) is 0 Å². The predicted octanol–water partition coefficient (Wildman–Crippen LogP) is 3.15. The van der Waals surface area contributed by atoms with Crippen LogP contribution < -0.4 is 19.7 Å². The Labute approximate surface area is 210 Å². The molecule has 1 fully saturated rings. The van der Waals surface area contributed by atoms with Crippen molar-refractivity contribution < 1.29 is 19.1 Å². The van der Waals surface area contributed by atoms with E-state index in [0.717, 1.165) is 36.8 Å². The van der Waals surface area contributed by atoms with E-state index in [4.69, 9.17) is 9.47 Å². The van der Waals surface area contributed by atoms with Gasteiger partial charge in [0.05, 0.1) is 14.2 Å². The number of nitrogens with zero attached hydrogens (tertiary/aromatic N) is 5. The summed E-state index contributed by atoms with van der Waals surface area (Å²) in [5.41, 5.74) is 2.43. The maximum atomic E-state index is 13.6. The first-order valence-corrected chi connectivity index (χ1v) is 12.1. The predicted molar refractivity (Wildman–Crippen MR) is 135 cm³/mol. The average molecular weight is 493 g/mol. The highest BCUT2D eigenvalue weighted by Gasteiger charge is 2.30. The number of aromatic nitrogens is 4. The number of methoxy groups -OCH3 is 2. The first-order valence-electron chi connectivity index (χ1n) is 12.1. The third-order valence-electron chi connectivity index (χ3n) is 6.42. The highest BCUT2D eigenvalue weighted by Crippen LogP contribution is 2.32. The van der Waals surface area contributed by atoms with Gasteiger partial charge in [-0.2, -0.15) is 4.80 Å². The molecule has 10 nitrogen and oxygen atoms in total. The Balaban J connectivity index is 1.59. The van der Waals surface area contributed by atoms with E-state index in [-0.39, 0.29) is 24.4 Å². The van der Waals surface area contributed by atoms with Crippen molar-refractivity contribution >= 4 is 17.5 Å². The molecule has 1 aromatic heterocycles. The number of tetrazole rings is 1. The summed E-state index contributed by atoms with van der Waals surface area (Å²) in [7, 11) is 3.07. The van der Waals surface area contributed by atoms with Gasteiger partial charge in [0.1, 0.15) is 12.6 Å². The van der Waals surface area contributed by atoms with Crippen LogP contribution in [0.1, 0.15) is 38.2 Å². The van der Waals surface area contributed by atoms with E-state index in [9.17, 15) is 9.59 Å². The number of carbonyl (C=O) groups is 2. The van der Waals surface area contributed by atoms with E-state index in [2.05, 4.69) is 20.7 Å². The van der Waals surface area contributed by atoms with Gasteiger partial charge in [-0.15, -0.1) is 10.2 Å². The summed E-state index contributed by atoms with van der Waals surface area (Å²) in [5, 5.41) is 15.6. The van der Waals surface area contributed by atoms with Crippen molar-refractivity contribution in [1.82, 2.24) is 25.5 Å². The summed E-state index contributed by atoms with van der Waals surface area (Å²) in [6, 6.07) is 12.2. The molecule has 2 amide bonds. The van der Waals surface area contributed by atoms with Gasteiger partial charge < -0.3 is 14.8 Å². The van der Waals surface area contributed by atoms with Gasteiger partial charge in [-0.25, -0.2) is 0 Å². The first kappa shape index (κ1) is 25.2. The lowest BCUT2D eigenvalue weighted by Crippen LogP contribution is -2.51. The molecular weight excluding hydrogens is 460 g/mol. The van der Waals surface area contributed by atoms with Crippen LogP contribution >= 0.6 is 0 Å². The quantitative estimate of drug-likeness (QED) is 0.488. The maximum absolute atomic E-state index is 13.6. The minimum Gasteiger partial charge on any atom is -0.493 e. The Hall–Kier alpha value is -3.95. The largest absolute Gasteiger partial charge is 0.493 e. The summed E-state index contributed by atoms with van der Waals surface area (Å²) < 4.78 is 10.8. The Morgan fingerprint density at radius 2 is 1.78 bits per heavy atom. The van der Waals surface area contributed by atoms with Crippen LogP contribution in [0.15, 0.2) is 42.5 Å². The number of nitrogens with one attached hydrogen (secondary N) is 1. The molecule has 0 radical (unpaired) electrons. The highest BCUT2D eigenvalue weighted by atomic mass is 16.5. The first-order chi connectivity index (χ1) is 17.4. The Bertz CT molecular complexity index is 1200. The zero-order valence-electron chi connectivity index (χ0n) is 21.1. The molecular formula is C26H32N6O4. The summed E-state index contributed by atoms with van der Waals surface area (Å²) in [6.45, 7) is 3.53. The molecule has 1 atom stereocenters. The monoisotopic (exact) mass is 492 g/mol. The fourth-order valence-electron chi connectivity index (χ4n) is 4.39. The molecule has 1 N–H and O–H groups in total. The second-order valence-electron chi connectivity index (χ2n) is 8.98. The fraction of sp³-hybridized carbons (Fsp3) is 0.423. The van der Waals surface area contributed by atoms with E-state index < -0.39 is 6.04 Å². The zero-order valence-corrected chi connectivity index (χ0v) is 21.1. The molecule has 0 spiro atoms. The van der Waals surface area contributed by atoms with Gasteiger partial charge in [0.15, 0.2) is 11.5 Å². The number of rotatable bonds is 9. The molecule has 1 saturated carbocycles. The minimum atomic E-state index is -0.767. The molecule has 2 aromatic carbocycles. The van der Waals surface area contributed by atoms with Crippen molar-refractivity contribution in [2.75, 3.05) is 19.1 Å². The van der Waals surface area contributed by atoms with E-state index in [1.807, 2.05) is 31.2 Å². The number of hydrogen-bond acceptors (Lipinski definition) is 7. The maximum Gasteiger partial charge on any atom is 0.251 e. The van der Waals surface area contributed by atoms with Crippen LogP contribution in [0.3, 0.4) is 0 Å². The van der Waals surface area contributed by atoms with Gasteiger partial charge in [0.25, 0.3) is 5.91 Å². The molecule has 4 rings (SSSR count). The molecule has 1 heterocycles. The number of ether oxygens (including phenoxy) is 2. The highest BCUT2D eigenvalue weighted by molar-refractivity contribution is 6.00. The molecule has 1 aliphatic carbocycles. The molecule has 1 unspecified atom stereocenters. The number of aryl methyl sites for hydroxylation is 1. The number of hydrogen-bond donors (Lipinski definition) is 1. The standard InChI is InChI=1S/C26H32N6O4/c1-17-9-11-19(12-10-17)25-28-30-31(29-25)16-24(33)32(18(2)26(34)27-20-7-5-6-8-20)21-13-14-22(35-3)23(15-21)36-4/h9-15,18,20H,5-8,16H2,1-4H3,(H,27,34). The number of amides is 2. The Morgan fingerprint density at radius 3 is 2.44 bits per heavy atom. The van der Waals surface area contributed by atoms with Crippen LogP contribution in [0.5, 0.6) is 11.5 Å². The Morgan fingerprint density at radius 1 is 1.08 bits per heavy atom. The molecule has 0 saturated heterocycles. The number of carbonyl (C=O) groups excluding carboxylic acids is 2. The second-order valence-corrected chi connectivity index (χ2v) is 8.98. The molecule has 190 valence electrons. The van der Waals surface area contributed by atoms with Crippen molar-refractivity contribution in [1.29, 1.82) is 0 Å². The van der Waals surface area contributed by atoms with Gasteiger partial charge in [-0.05, 0) is 44.0 Å². The van der Waals surface area contributed by atoms with Crippen molar-refractivity contribution in [3.05, 3.63) is 48.0 Å².